The highest BCUT2D eigenvalue weighted by Crippen LogP contribution is 2.34. The molecule has 0 unspecified atom stereocenters. The van der Waals surface area contributed by atoms with E-state index in [0.717, 1.165) is 6.07 Å². The molecule has 0 amide bonds. The van der Waals surface area contributed by atoms with Gasteiger partial charge >= 0.3 is 5.97 Å². The lowest BCUT2D eigenvalue weighted by Gasteiger charge is -2.18. The van der Waals surface area contributed by atoms with Crippen molar-refractivity contribution in [2.45, 2.75) is 0 Å². The van der Waals surface area contributed by atoms with Crippen molar-refractivity contribution in [2.24, 2.45) is 0 Å². The molecule has 7 nitrogen and oxygen atoms in total. The number of carbonyl (C=O) groups is 3. The van der Waals surface area contributed by atoms with Crippen molar-refractivity contribution in [1.82, 2.24) is 0 Å². The second-order valence-electron chi connectivity index (χ2n) is 4.65. The summed E-state index contributed by atoms with van der Waals surface area (Å²) in [6.07, 6.45) is 0. The van der Waals surface area contributed by atoms with Crippen molar-refractivity contribution in [3.63, 3.8) is 0 Å². The van der Waals surface area contributed by atoms with Crippen LogP contribution in [0.15, 0.2) is 36.4 Å². The molecule has 0 radical (unpaired) electrons. The van der Waals surface area contributed by atoms with E-state index in [9.17, 15) is 29.6 Å². The molecule has 0 atom stereocenters. The number of carboxylic acids is 1. The Morgan fingerprint density at radius 3 is 2.14 bits per heavy atom. The fourth-order valence-electron chi connectivity index (χ4n) is 2.55. The van der Waals surface area contributed by atoms with Gasteiger partial charge in [0, 0.05) is 22.8 Å². The highest BCUT2D eigenvalue weighted by Gasteiger charge is 2.37. The fraction of sp³-hybridized carbons (Fsp3) is 0. The van der Waals surface area contributed by atoms with E-state index in [1.165, 1.54) is 30.3 Å². The molecule has 22 heavy (non-hydrogen) atoms. The lowest BCUT2D eigenvalue weighted by molar-refractivity contribution is -0.385. The van der Waals surface area contributed by atoms with E-state index >= 15 is 0 Å². The molecular formula is C15H7NO6. The highest BCUT2D eigenvalue weighted by molar-refractivity contribution is 6.31. The Labute approximate surface area is 123 Å². The summed E-state index contributed by atoms with van der Waals surface area (Å²) in [6.45, 7) is 0. The van der Waals surface area contributed by atoms with Gasteiger partial charge in [0.2, 0.25) is 5.78 Å². The Kier molecular flexibility index (Phi) is 2.84. The fourth-order valence-corrected chi connectivity index (χ4v) is 2.55. The third-order valence-electron chi connectivity index (χ3n) is 3.48. The molecular weight excluding hydrogens is 290 g/mol. The maximum atomic E-state index is 12.6. The average molecular weight is 297 g/mol. The van der Waals surface area contributed by atoms with Gasteiger partial charge in [-0.2, -0.15) is 0 Å². The first kappa shape index (κ1) is 13.6. The number of rotatable bonds is 2. The van der Waals surface area contributed by atoms with Gasteiger partial charge in [-0.3, -0.25) is 19.7 Å². The monoisotopic (exact) mass is 297 g/mol. The minimum Gasteiger partial charge on any atom is -0.478 e. The zero-order valence-corrected chi connectivity index (χ0v) is 10.9. The van der Waals surface area contributed by atoms with Crippen LogP contribution < -0.4 is 0 Å². The predicted octanol–water partition coefficient (Wildman–Crippen LogP) is 2.07. The first-order chi connectivity index (χ1) is 10.4. The van der Waals surface area contributed by atoms with E-state index in [1.54, 1.807) is 0 Å². The number of benzene rings is 2. The van der Waals surface area contributed by atoms with Crippen LogP contribution >= 0.6 is 0 Å². The normalized spacial score (nSPS) is 12.5. The molecule has 108 valence electrons. The van der Waals surface area contributed by atoms with Gasteiger partial charge in [0.05, 0.1) is 10.5 Å². The number of nitro groups is 1. The largest absolute Gasteiger partial charge is 0.478 e. The predicted molar refractivity (Wildman–Crippen MR) is 73.4 cm³/mol. The molecule has 2 aromatic rings. The van der Waals surface area contributed by atoms with E-state index in [4.69, 9.17) is 0 Å². The minimum absolute atomic E-state index is 0.0575. The summed E-state index contributed by atoms with van der Waals surface area (Å²) in [5.74, 6) is -2.80. The molecule has 2 aromatic carbocycles. The van der Waals surface area contributed by atoms with Gasteiger partial charge in [0.1, 0.15) is 5.56 Å². The number of aromatic carboxylic acids is 1. The van der Waals surface area contributed by atoms with Gasteiger partial charge in [0.15, 0.2) is 5.78 Å². The molecule has 0 spiro atoms. The summed E-state index contributed by atoms with van der Waals surface area (Å²) in [5, 5.41) is 20.3. The lowest BCUT2D eigenvalue weighted by Crippen LogP contribution is -2.24. The van der Waals surface area contributed by atoms with Crippen molar-refractivity contribution >= 4 is 23.2 Å². The zero-order chi connectivity index (χ0) is 16.0. The van der Waals surface area contributed by atoms with E-state index in [2.05, 4.69) is 0 Å². The maximum absolute atomic E-state index is 12.6. The third kappa shape index (κ3) is 1.72. The molecule has 0 saturated carbocycles. The molecule has 1 N–H and O–H groups in total. The average Bonchev–Trinajstić information content (AvgIpc) is 2.51. The van der Waals surface area contributed by atoms with Crippen LogP contribution in [0.4, 0.5) is 5.69 Å². The van der Waals surface area contributed by atoms with Crippen LogP contribution in [0.1, 0.15) is 42.2 Å². The number of fused-ring (bicyclic) bond motifs is 2. The first-order valence-corrected chi connectivity index (χ1v) is 6.16. The Morgan fingerprint density at radius 2 is 1.55 bits per heavy atom. The van der Waals surface area contributed by atoms with E-state index in [-0.39, 0.29) is 27.8 Å². The van der Waals surface area contributed by atoms with E-state index in [0.29, 0.717) is 0 Å². The minimum atomic E-state index is -1.37. The smallest absolute Gasteiger partial charge is 0.336 e. The topological polar surface area (TPSA) is 115 Å². The van der Waals surface area contributed by atoms with Crippen LogP contribution in [0.25, 0.3) is 0 Å². The molecule has 0 aromatic heterocycles. The summed E-state index contributed by atoms with van der Waals surface area (Å²) >= 11 is 0. The van der Waals surface area contributed by atoms with Gasteiger partial charge in [0.25, 0.3) is 5.69 Å². The Hall–Kier alpha value is -3.35. The lowest BCUT2D eigenvalue weighted by atomic mass is 9.81. The second kappa shape index (κ2) is 4.59. The van der Waals surface area contributed by atoms with Crippen LogP contribution in [0.5, 0.6) is 0 Å². The number of hydrogen-bond donors (Lipinski definition) is 1. The van der Waals surface area contributed by atoms with Gasteiger partial charge in [-0.25, -0.2) is 4.79 Å². The molecule has 0 saturated heterocycles. The molecule has 0 aliphatic heterocycles. The third-order valence-corrected chi connectivity index (χ3v) is 3.48. The summed E-state index contributed by atoms with van der Waals surface area (Å²) in [7, 11) is 0. The van der Waals surface area contributed by atoms with Crippen molar-refractivity contribution < 1.29 is 24.4 Å². The number of carbonyl (C=O) groups excluding carboxylic acids is 2. The van der Waals surface area contributed by atoms with Crippen molar-refractivity contribution in [3.8, 4) is 0 Å². The van der Waals surface area contributed by atoms with Crippen LogP contribution in [0.3, 0.4) is 0 Å². The number of nitro benzene ring substituents is 1. The molecule has 0 heterocycles. The van der Waals surface area contributed by atoms with Crippen molar-refractivity contribution in [3.05, 3.63) is 74.3 Å². The zero-order valence-electron chi connectivity index (χ0n) is 10.9. The van der Waals surface area contributed by atoms with Crippen molar-refractivity contribution in [1.29, 1.82) is 0 Å². The molecule has 1 aliphatic carbocycles. The molecule has 0 bridgehead atoms. The van der Waals surface area contributed by atoms with Crippen molar-refractivity contribution in [2.75, 3.05) is 0 Å². The number of nitrogens with zero attached hydrogens (tertiary/aromatic N) is 1. The molecule has 3 rings (SSSR count). The van der Waals surface area contributed by atoms with Crippen LogP contribution in [-0.4, -0.2) is 27.6 Å². The Bertz CT molecular complexity index is 814. The van der Waals surface area contributed by atoms with Gasteiger partial charge in [-0.15, -0.1) is 0 Å². The summed E-state index contributed by atoms with van der Waals surface area (Å²) in [4.78, 5) is 46.6. The summed E-state index contributed by atoms with van der Waals surface area (Å²) < 4.78 is 0. The van der Waals surface area contributed by atoms with Crippen LogP contribution in [0, 0.1) is 10.1 Å². The Balaban J connectivity index is 2.39. The van der Waals surface area contributed by atoms with E-state index in [1.807, 2.05) is 0 Å². The van der Waals surface area contributed by atoms with Gasteiger partial charge in [-0.1, -0.05) is 18.2 Å². The highest BCUT2D eigenvalue weighted by atomic mass is 16.6. The number of carboxylic acid groups (broad SMARTS) is 1. The molecule has 0 fully saturated rings. The maximum Gasteiger partial charge on any atom is 0.336 e. The summed E-state index contributed by atoms with van der Waals surface area (Å²) in [6, 6.07) is 7.62. The second-order valence-corrected chi connectivity index (χ2v) is 4.65. The van der Waals surface area contributed by atoms with Gasteiger partial charge in [-0.05, 0) is 12.1 Å². The first-order valence-electron chi connectivity index (χ1n) is 6.16. The molecule has 1 aliphatic rings. The van der Waals surface area contributed by atoms with E-state index < -0.39 is 28.1 Å². The quantitative estimate of drug-likeness (QED) is 0.572. The van der Waals surface area contributed by atoms with Crippen LogP contribution in [-0.2, 0) is 0 Å². The Morgan fingerprint density at radius 1 is 0.955 bits per heavy atom. The number of hydrogen-bond acceptors (Lipinski definition) is 5. The summed E-state index contributed by atoms with van der Waals surface area (Å²) in [5.41, 5.74) is -1.67. The standard InChI is InChI=1S/C15H7NO6/c17-13-7-3-1-5-9(15(19)20)11(7)14(18)12-8(13)4-2-6-10(12)16(21)22/h1-6H,(H,19,20). The molecule has 7 heteroatoms. The SMILES string of the molecule is O=C(O)c1cccc2c1C(=O)c1c(cccc1[N+](=O)[O-])C2=O. The number of ketones is 2. The van der Waals surface area contributed by atoms with Crippen LogP contribution in [0.2, 0.25) is 0 Å². The van der Waals surface area contributed by atoms with Gasteiger partial charge < -0.3 is 5.11 Å².